The number of rotatable bonds is 7. The number of aliphatic hydroxyl groups is 2. The summed E-state index contributed by atoms with van der Waals surface area (Å²) in [6.45, 7) is 11.5. The number of carbonyl (C=O) groups is 1. The van der Waals surface area contributed by atoms with E-state index in [0.29, 0.717) is 36.2 Å². The van der Waals surface area contributed by atoms with Crippen LogP contribution < -0.4 is 5.32 Å². The lowest BCUT2D eigenvalue weighted by Gasteiger charge is -2.41. The highest BCUT2D eigenvalue weighted by molar-refractivity contribution is 6.32. The second-order valence-electron chi connectivity index (χ2n) is 12.1. The van der Waals surface area contributed by atoms with Crippen molar-refractivity contribution in [2.75, 3.05) is 18.4 Å². The summed E-state index contributed by atoms with van der Waals surface area (Å²) in [4.78, 5) is 23.5. The lowest BCUT2D eigenvalue weighted by Crippen LogP contribution is -2.51. The van der Waals surface area contributed by atoms with Gasteiger partial charge in [0.15, 0.2) is 0 Å². The number of nitrogens with one attached hydrogen (secondary N) is 1. The quantitative estimate of drug-likeness (QED) is 0.465. The van der Waals surface area contributed by atoms with Gasteiger partial charge in [0.25, 0.3) is 5.91 Å². The van der Waals surface area contributed by atoms with Crippen molar-refractivity contribution in [3.05, 3.63) is 40.3 Å². The Balaban J connectivity index is 1.61. The van der Waals surface area contributed by atoms with Crippen molar-refractivity contribution >= 4 is 23.5 Å². The van der Waals surface area contributed by atoms with Crippen LogP contribution >= 0.6 is 11.6 Å². The van der Waals surface area contributed by atoms with Gasteiger partial charge in [-0.2, -0.15) is 0 Å². The zero-order valence-electron chi connectivity index (χ0n) is 22.9. The van der Waals surface area contributed by atoms with Gasteiger partial charge in [-0.25, -0.2) is 14.4 Å². The molecular formula is C28H38ClFN4O4. The van der Waals surface area contributed by atoms with Crippen LogP contribution in [0.3, 0.4) is 0 Å². The molecule has 1 aliphatic heterocycles. The monoisotopic (exact) mass is 548 g/mol. The van der Waals surface area contributed by atoms with E-state index in [-0.39, 0.29) is 41.3 Å². The van der Waals surface area contributed by atoms with Crippen LogP contribution in [0.5, 0.6) is 0 Å². The number of fused-ring (bicyclic) bond motifs is 1. The van der Waals surface area contributed by atoms with Gasteiger partial charge in [-0.15, -0.1) is 0 Å². The molecule has 1 saturated carbocycles. The van der Waals surface area contributed by atoms with E-state index < -0.39 is 28.8 Å². The third kappa shape index (κ3) is 6.28. The van der Waals surface area contributed by atoms with Crippen molar-refractivity contribution < 1.29 is 24.1 Å². The van der Waals surface area contributed by atoms with Gasteiger partial charge >= 0.3 is 0 Å². The average molecular weight is 549 g/mol. The standard InChI is InChI=1S/C28H38ClFN4O4/c1-15(2)38-17-7-8-21(22(35)11-17)32-26-31-12-19(29)24(33-26)16-9-18-23(20(30)10-16)25(36)34(13-27(18,3)4)14-28(5,6)37/h9-10,12,15,17,21-22,35,37H,7-8,11,13-14H2,1-6H3,(H,31,32,33)/t17-,21-,22-/m1/s1. The Morgan fingerprint density at radius 3 is 2.66 bits per heavy atom. The Hall–Kier alpha value is -2.33. The molecule has 208 valence electrons. The summed E-state index contributed by atoms with van der Waals surface area (Å²) >= 11 is 6.46. The third-order valence-corrected chi connectivity index (χ3v) is 7.33. The lowest BCUT2D eigenvalue weighted by molar-refractivity contribution is -0.0465. The highest BCUT2D eigenvalue weighted by Gasteiger charge is 2.40. The molecule has 38 heavy (non-hydrogen) atoms. The van der Waals surface area contributed by atoms with E-state index in [1.54, 1.807) is 19.9 Å². The molecule has 1 aromatic heterocycles. The van der Waals surface area contributed by atoms with E-state index >= 15 is 4.39 Å². The van der Waals surface area contributed by atoms with E-state index in [0.717, 1.165) is 6.42 Å². The molecule has 3 atom stereocenters. The molecule has 0 radical (unpaired) electrons. The van der Waals surface area contributed by atoms with Gasteiger partial charge < -0.3 is 25.2 Å². The van der Waals surface area contributed by atoms with Gasteiger partial charge in [0.05, 0.1) is 52.4 Å². The van der Waals surface area contributed by atoms with Gasteiger partial charge in [0.2, 0.25) is 5.95 Å². The Bertz CT molecular complexity index is 1200. The summed E-state index contributed by atoms with van der Waals surface area (Å²) < 4.78 is 21.4. The Morgan fingerprint density at radius 1 is 1.32 bits per heavy atom. The molecule has 1 aliphatic carbocycles. The summed E-state index contributed by atoms with van der Waals surface area (Å²) in [6, 6.07) is 2.77. The first kappa shape index (κ1) is 28.7. The minimum absolute atomic E-state index is 0.00118. The Labute approximate surface area is 228 Å². The van der Waals surface area contributed by atoms with E-state index in [9.17, 15) is 15.0 Å². The molecule has 10 heteroatoms. The number of halogens is 2. The Morgan fingerprint density at radius 2 is 2.03 bits per heavy atom. The summed E-state index contributed by atoms with van der Waals surface area (Å²) in [5.41, 5.74) is -0.352. The highest BCUT2D eigenvalue weighted by atomic mass is 35.5. The first-order valence-electron chi connectivity index (χ1n) is 13.1. The third-order valence-electron chi connectivity index (χ3n) is 7.05. The normalized spacial score (nSPS) is 23.5. The highest BCUT2D eigenvalue weighted by Crippen LogP contribution is 2.39. The fraction of sp³-hybridized carbons (Fsp3) is 0.607. The second kappa shape index (κ2) is 10.7. The molecule has 1 aromatic carbocycles. The number of benzene rings is 1. The number of ether oxygens (including phenoxy) is 1. The molecule has 0 bridgehead atoms. The van der Waals surface area contributed by atoms with E-state index in [4.69, 9.17) is 16.3 Å². The molecule has 1 fully saturated rings. The molecule has 2 heterocycles. The van der Waals surface area contributed by atoms with Crippen molar-refractivity contribution in [2.24, 2.45) is 0 Å². The van der Waals surface area contributed by atoms with Crippen LogP contribution in [0.1, 0.15) is 76.7 Å². The number of nitrogens with zero attached hydrogens (tertiary/aromatic N) is 3. The molecule has 4 rings (SSSR count). The van der Waals surface area contributed by atoms with Crippen molar-refractivity contribution in [2.45, 2.75) is 96.2 Å². The molecule has 8 nitrogen and oxygen atoms in total. The minimum atomic E-state index is -1.11. The number of anilines is 1. The van der Waals surface area contributed by atoms with Crippen molar-refractivity contribution in [1.82, 2.24) is 14.9 Å². The summed E-state index contributed by atoms with van der Waals surface area (Å²) in [5, 5.41) is 24.4. The zero-order valence-corrected chi connectivity index (χ0v) is 23.6. The van der Waals surface area contributed by atoms with Crippen LogP contribution in [-0.2, 0) is 10.2 Å². The molecule has 3 N–H and O–H groups in total. The number of amides is 1. The lowest BCUT2D eigenvalue weighted by atomic mass is 9.76. The molecule has 1 amide bonds. The summed E-state index contributed by atoms with van der Waals surface area (Å²) in [6.07, 6.45) is 2.93. The van der Waals surface area contributed by atoms with Gasteiger partial charge in [0, 0.05) is 30.5 Å². The zero-order chi connectivity index (χ0) is 28.0. The maximum Gasteiger partial charge on any atom is 0.257 e. The average Bonchev–Trinajstić information content (AvgIpc) is 2.78. The number of aliphatic hydroxyl groups excluding tert-OH is 1. The fourth-order valence-electron chi connectivity index (χ4n) is 5.47. The molecule has 2 aromatic rings. The molecule has 0 saturated heterocycles. The van der Waals surface area contributed by atoms with Crippen LogP contribution in [0.25, 0.3) is 11.3 Å². The second-order valence-corrected chi connectivity index (χ2v) is 12.5. The van der Waals surface area contributed by atoms with Gasteiger partial charge in [-0.1, -0.05) is 25.4 Å². The Kier molecular flexibility index (Phi) is 8.06. The van der Waals surface area contributed by atoms with Crippen LogP contribution in [-0.4, -0.2) is 74.0 Å². The van der Waals surface area contributed by atoms with Gasteiger partial charge in [0.1, 0.15) is 5.82 Å². The first-order chi connectivity index (χ1) is 17.6. The van der Waals surface area contributed by atoms with E-state index in [2.05, 4.69) is 15.3 Å². The van der Waals surface area contributed by atoms with Crippen molar-refractivity contribution in [3.8, 4) is 11.3 Å². The van der Waals surface area contributed by atoms with Crippen LogP contribution in [0.2, 0.25) is 5.02 Å². The molecule has 0 unspecified atom stereocenters. The SMILES string of the molecule is CC(C)O[C@@H]1CC[C@@H](Nc2ncc(Cl)c(-c3cc(F)c4c(c3)C(C)(C)CN(CC(C)(C)O)C4=O)n2)[C@H](O)C1. The van der Waals surface area contributed by atoms with E-state index in [1.807, 2.05) is 27.7 Å². The van der Waals surface area contributed by atoms with Gasteiger partial charge in [-0.3, -0.25) is 4.79 Å². The summed E-state index contributed by atoms with van der Waals surface area (Å²) in [7, 11) is 0. The maximum absolute atomic E-state index is 15.5. The predicted octanol–water partition coefficient (Wildman–Crippen LogP) is 4.56. The van der Waals surface area contributed by atoms with Gasteiger partial charge in [-0.05, 0) is 58.2 Å². The van der Waals surface area contributed by atoms with Crippen molar-refractivity contribution in [1.29, 1.82) is 0 Å². The maximum atomic E-state index is 15.5. The smallest absolute Gasteiger partial charge is 0.257 e. The van der Waals surface area contributed by atoms with E-state index in [1.165, 1.54) is 17.2 Å². The van der Waals surface area contributed by atoms with Crippen LogP contribution in [0, 0.1) is 5.82 Å². The number of aromatic nitrogens is 2. The number of β-amino-alcohol motifs (C(OH)–C–C–N with tert-alkyl or cyclic N) is 1. The summed E-state index contributed by atoms with van der Waals surface area (Å²) in [5.74, 6) is -0.840. The number of hydrogen-bond donors (Lipinski definition) is 3. The first-order valence-corrected chi connectivity index (χ1v) is 13.5. The van der Waals surface area contributed by atoms with Crippen LogP contribution in [0.15, 0.2) is 18.3 Å². The minimum Gasteiger partial charge on any atom is -0.391 e. The number of carbonyl (C=O) groups excluding carboxylic acids is 1. The molecule has 0 spiro atoms. The van der Waals surface area contributed by atoms with Crippen LogP contribution in [0.4, 0.5) is 10.3 Å². The van der Waals surface area contributed by atoms with Crippen molar-refractivity contribution in [3.63, 3.8) is 0 Å². The topological polar surface area (TPSA) is 108 Å². The number of hydrogen-bond acceptors (Lipinski definition) is 7. The molecule has 2 aliphatic rings. The predicted molar refractivity (Wildman–Crippen MR) is 145 cm³/mol. The molecular weight excluding hydrogens is 511 g/mol. The largest absolute Gasteiger partial charge is 0.391 e. The fourth-order valence-corrected chi connectivity index (χ4v) is 5.67.